The molecular formula is C14H28N2O. The standard InChI is InChI=1S/C14H28N2O/c1-10(2)7-13(15)14(9-17)16(12-5-6-12)8-11-3-4-11/h10-14,17H,3-9,15H2,1-2H3. The third-order valence-electron chi connectivity index (χ3n) is 4.03. The molecule has 0 aliphatic heterocycles. The fraction of sp³-hybridized carbons (Fsp3) is 1.00. The van der Waals surface area contributed by atoms with Crippen LogP contribution in [0.2, 0.25) is 0 Å². The van der Waals surface area contributed by atoms with Gasteiger partial charge in [-0.25, -0.2) is 0 Å². The molecule has 0 aromatic rings. The molecule has 2 saturated carbocycles. The molecule has 17 heavy (non-hydrogen) atoms. The molecule has 2 aliphatic carbocycles. The largest absolute Gasteiger partial charge is 0.395 e. The molecule has 100 valence electrons. The van der Waals surface area contributed by atoms with Crippen molar-refractivity contribution in [2.45, 2.75) is 64.1 Å². The van der Waals surface area contributed by atoms with Crippen LogP contribution in [0.25, 0.3) is 0 Å². The maximum Gasteiger partial charge on any atom is 0.0602 e. The van der Waals surface area contributed by atoms with E-state index >= 15 is 0 Å². The first-order valence-electron chi connectivity index (χ1n) is 7.24. The summed E-state index contributed by atoms with van der Waals surface area (Å²) in [7, 11) is 0. The van der Waals surface area contributed by atoms with E-state index < -0.39 is 0 Å². The van der Waals surface area contributed by atoms with E-state index in [1.165, 1.54) is 32.2 Å². The van der Waals surface area contributed by atoms with E-state index in [2.05, 4.69) is 18.7 Å². The monoisotopic (exact) mass is 240 g/mol. The third-order valence-corrected chi connectivity index (χ3v) is 4.03. The Bertz CT molecular complexity index is 236. The molecule has 0 aromatic carbocycles. The predicted octanol–water partition coefficient (Wildman–Crippen LogP) is 1.60. The molecule has 2 fully saturated rings. The van der Waals surface area contributed by atoms with E-state index in [-0.39, 0.29) is 18.7 Å². The fourth-order valence-electron chi connectivity index (χ4n) is 2.75. The maximum absolute atomic E-state index is 9.67. The van der Waals surface area contributed by atoms with E-state index in [0.29, 0.717) is 12.0 Å². The van der Waals surface area contributed by atoms with Crippen LogP contribution in [0.15, 0.2) is 0 Å². The Labute approximate surface area is 105 Å². The van der Waals surface area contributed by atoms with Crippen LogP contribution < -0.4 is 5.73 Å². The van der Waals surface area contributed by atoms with Crippen molar-refractivity contribution in [1.82, 2.24) is 4.90 Å². The Hall–Kier alpha value is -0.120. The number of nitrogens with zero attached hydrogens (tertiary/aromatic N) is 1. The van der Waals surface area contributed by atoms with Gasteiger partial charge in [-0.1, -0.05) is 13.8 Å². The topological polar surface area (TPSA) is 49.5 Å². The fourth-order valence-corrected chi connectivity index (χ4v) is 2.75. The van der Waals surface area contributed by atoms with Crippen LogP contribution in [0.5, 0.6) is 0 Å². The zero-order chi connectivity index (χ0) is 12.4. The van der Waals surface area contributed by atoms with E-state index in [9.17, 15) is 5.11 Å². The van der Waals surface area contributed by atoms with Gasteiger partial charge in [0, 0.05) is 24.7 Å². The average molecular weight is 240 g/mol. The van der Waals surface area contributed by atoms with Gasteiger partial charge in [0.1, 0.15) is 0 Å². The SMILES string of the molecule is CC(C)CC(N)C(CO)N(CC1CC1)C1CC1. The number of rotatable bonds is 8. The van der Waals surface area contributed by atoms with Crippen LogP contribution >= 0.6 is 0 Å². The van der Waals surface area contributed by atoms with E-state index in [0.717, 1.165) is 12.3 Å². The smallest absolute Gasteiger partial charge is 0.0602 e. The van der Waals surface area contributed by atoms with Crippen LogP contribution in [0.3, 0.4) is 0 Å². The third kappa shape index (κ3) is 3.94. The zero-order valence-electron chi connectivity index (χ0n) is 11.3. The molecule has 0 radical (unpaired) electrons. The van der Waals surface area contributed by atoms with Gasteiger partial charge in [0.2, 0.25) is 0 Å². The van der Waals surface area contributed by atoms with Crippen molar-refractivity contribution < 1.29 is 5.11 Å². The Balaban J connectivity index is 1.91. The molecular weight excluding hydrogens is 212 g/mol. The first-order valence-corrected chi connectivity index (χ1v) is 7.24. The van der Waals surface area contributed by atoms with Crippen molar-refractivity contribution in [2.75, 3.05) is 13.2 Å². The van der Waals surface area contributed by atoms with Crippen LogP contribution in [0, 0.1) is 11.8 Å². The number of aliphatic hydroxyl groups excluding tert-OH is 1. The molecule has 0 amide bonds. The zero-order valence-corrected chi connectivity index (χ0v) is 11.3. The molecule has 2 atom stereocenters. The lowest BCUT2D eigenvalue weighted by molar-refractivity contribution is 0.0871. The van der Waals surface area contributed by atoms with Crippen molar-refractivity contribution in [3.05, 3.63) is 0 Å². The quantitative estimate of drug-likeness (QED) is 0.677. The van der Waals surface area contributed by atoms with Gasteiger partial charge in [-0.2, -0.15) is 0 Å². The Morgan fingerprint density at radius 1 is 1.24 bits per heavy atom. The molecule has 2 aliphatic rings. The molecule has 2 unspecified atom stereocenters. The van der Waals surface area contributed by atoms with Gasteiger partial charge < -0.3 is 10.8 Å². The van der Waals surface area contributed by atoms with Crippen LogP contribution in [-0.4, -0.2) is 41.3 Å². The minimum Gasteiger partial charge on any atom is -0.395 e. The summed E-state index contributed by atoms with van der Waals surface area (Å²) in [5.41, 5.74) is 6.29. The first kappa shape index (κ1) is 13.3. The highest BCUT2D eigenvalue weighted by atomic mass is 16.3. The molecule has 2 rings (SSSR count). The van der Waals surface area contributed by atoms with Gasteiger partial charge in [0.25, 0.3) is 0 Å². The molecule has 3 nitrogen and oxygen atoms in total. The molecule has 0 aromatic heterocycles. The highest BCUT2D eigenvalue weighted by Gasteiger charge is 2.39. The molecule has 3 heteroatoms. The minimum absolute atomic E-state index is 0.124. The van der Waals surface area contributed by atoms with Gasteiger partial charge >= 0.3 is 0 Å². The number of hydrogen-bond acceptors (Lipinski definition) is 3. The lowest BCUT2D eigenvalue weighted by Gasteiger charge is -2.35. The summed E-state index contributed by atoms with van der Waals surface area (Å²) < 4.78 is 0. The average Bonchev–Trinajstić information content (AvgIpc) is 3.12. The second-order valence-electron chi connectivity index (χ2n) is 6.41. The van der Waals surface area contributed by atoms with Gasteiger partial charge in [-0.3, -0.25) is 4.90 Å². The summed E-state index contributed by atoms with van der Waals surface area (Å²) in [6.07, 6.45) is 6.37. The number of aliphatic hydroxyl groups is 1. The Kier molecular flexibility index (Phi) is 4.45. The van der Waals surface area contributed by atoms with Crippen molar-refractivity contribution in [3.8, 4) is 0 Å². The number of nitrogens with two attached hydrogens (primary N) is 1. The summed E-state index contributed by atoms with van der Waals surface area (Å²) in [5, 5.41) is 9.67. The predicted molar refractivity (Wildman–Crippen MR) is 70.8 cm³/mol. The first-order chi connectivity index (χ1) is 8.11. The molecule has 0 heterocycles. The summed E-state index contributed by atoms with van der Waals surface area (Å²) >= 11 is 0. The molecule has 3 N–H and O–H groups in total. The van der Waals surface area contributed by atoms with Crippen LogP contribution in [0.1, 0.15) is 46.0 Å². The van der Waals surface area contributed by atoms with E-state index in [1.807, 2.05) is 0 Å². The van der Waals surface area contributed by atoms with Crippen molar-refractivity contribution in [1.29, 1.82) is 0 Å². The Morgan fingerprint density at radius 2 is 1.88 bits per heavy atom. The van der Waals surface area contributed by atoms with Gasteiger partial charge in [0.15, 0.2) is 0 Å². The normalized spacial score (nSPS) is 24.4. The lowest BCUT2D eigenvalue weighted by atomic mass is 9.97. The molecule has 0 spiro atoms. The maximum atomic E-state index is 9.67. The summed E-state index contributed by atoms with van der Waals surface area (Å²) in [6, 6.07) is 1.02. The molecule has 0 saturated heterocycles. The van der Waals surface area contributed by atoms with Gasteiger partial charge in [0.05, 0.1) is 6.61 Å². The van der Waals surface area contributed by atoms with Crippen molar-refractivity contribution in [2.24, 2.45) is 17.6 Å². The van der Waals surface area contributed by atoms with Crippen molar-refractivity contribution >= 4 is 0 Å². The highest BCUT2D eigenvalue weighted by molar-refractivity contribution is 4.95. The van der Waals surface area contributed by atoms with Crippen LogP contribution in [0.4, 0.5) is 0 Å². The van der Waals surface area contributed by atoms with E-state index in [4.69, 9.17) is 5.73 Å². The summed E-state index contributed by atoms with van der Waals surface area (Å²) in [6.45, 7) is 5.80. The van der Waals surface area contributed by atoms with Gasteiger partial charge in [-0.15, -0.1) is 0 Å². The van der Waals surface area contributed by atoms with Gasteiger partial charge in [-0.05, 0) is 43.9 Å². The second kappa shape index (κ2) is 5.68. The summed E-state index contributed by atoms with van der Waals surface area (Å²) in [4.78, 5) is 2.52. The lowest BCUT2D eigenvalue weighted by Crippen LogP contribution is -2.52. The van der Waals surface area contributed by atoms with Crippen LogP contribution in [-0.2, 0) is 0 Å². The number of hydrogen-bond donors (Lipinski definition) is 2. The second-order valence-corrected chi connectivity index (χ2v) is 6.41. The van der Waals surface area contributed by atoms with E-state index in [1.54, 1.807) is 0 Å². The van der Waals surface area contributed by atoms with Crippen molar-refractivity contribution in [3.63, 3.8) is 0 Å². The minimum atomic E-state index is 0.124. The summed E-state index contributed by atoms with van der Waals surface area (Å²) in [5.74, 6) is 1.50. The molecule has 0 bridgehead atoms. The highest BCUT2D eigenvalue weighted by Crippen LogP contribution is 2.36. The Morgan fingerprint density at radius 3 is 2.29 bits per heavy atom.